The Morgan fingerprint density at radius 2 is 1.93 bits per heavy atom. The van der Waals surface area contributed by atoms with E-state index in [-0.39, 0.29) is 18.1 Å². The van der Waals surface area contributed by atoms with Crippen LogP contribution in [-0.4, -0.2) is 44.3 Å². The van der Waals surface area contributed by atoms with Crippen molar-refractivity contribution in [2.45, 2.75) is 26.6 Å². The van der Waals surface area contributed by atoms with E-state index in [1.807, 2.05) is 5.32 Å². The summed E-state index contributed by atoms with van der Waals surface area (Å²) in [6, 6.07) is 3.40. The molecule has 8 nitrogen and oxygen atoms in total. The molecule has 2 N–H and O–H groups in total. The zero-order chi connectivity index (χ0) is 20.4. The van der Waals surface area contributed by atoms with Crippen LogP contribution in [0.1, 0.15) is 19.4 Å². The van der Waals surface area contributed by atoms with E-state index in [1.165, 1.54) is 38.2 Å². The van der Waals surface area contributed by atoms with Crippen molar-refractivity contribution in [3.63, 3.8) is 0 Å². The highest BCUT2D eigenvalue weighted by atomic mass is 19.3. The summed E-state index contributed by atoms with van der Waals surface area (Å²) < 4.78 is 39.2. The van der Waals surface area contributed by atoms with Gasteiger partial charge in [0.25, 0.3) is 5.91 Å². The van der Waals surface area contributed by atoms with Crippen molar-refractivity contribution in [1.82, 2.24) is 10.6 Å². The molecule has 0 bridgehead atoms. The summed E-state index contributed by atoms with van der Waals surface area (Å²) >= 11 is 0. The number of rotatable bonds is 8. The smallest absolute Gasteiger partial charge is 0.387 e. The highest BCUT2D eigenvalue weighted by molar-refractivity contribution is 5.97. The van der Waals surface area contributed by atoms with E-state index in [0.717, 1.165) is 6.08 Å². The fourth-order valence-electron chi connectivity index (χ4n) is 1.80. The van der Waals surface area contributed by atoms with E-state index in [0.29, 0.717) is 5.56 Å². The number of benzene rings is 1. The predicted molar refractivity (Wildman–Crippen MR) is 91.4 cm³/mol. The number of carbonyl (C=O) groups excluding carboxylic acids is 3. The molecule has 0 radical (unpaired) electrons. The first kappa shape index (κ1) is 21.9. The summed E-state index contributed by atoms with van der Waals surface area (Å²) in [6.07, 6.45) is 1.20. The number of imide groups is 1. The molecule has 1 aromatic rings. The van der Waals surface area contributed by atoms with Crippen LogP contribution < -0.4 is 20.1 Å². The number of hydrogen-bond donors (Lipinski definition) is 2. The van der Waals surface area contributed by atoms with Gasteiger partial charge in [0, 0.05) is 13.1 Å². The monoisotopic (exact) mass is 386 g/mol. The van der Waals surface area contributed by atoms with E-state index in [1.54, 1.807) is 6.92 Å². The zero-order valence-electron chi connectivity index (χ0n) is 15.0. The average Bonchev–Trinajstić information content (AvgIpc) is 2.61. The Kier molecular flexibility index (Phi) is 8.70. The molecule has 0 fully saturated rings. The minimum Gasteiger partial charge on any atom is -0.490 e. The molecule has 0 aliphatic carbocycles. The molecule has 0 heterocycles. The van der Waals surface area contributed by atoms with Crippen LogP contribution in [-0.2, 0) is 14.3 Å². The molecule has 0 aliphatic rings. The maximum Gasteiger partial charge on any atom is 0.387 e. The number of carbonyl (C=O) groups is 3. The van der Waals surface area contributed by atoms with Crippen molar-refractivity contribution >= 4 is 24.0 Å². The lowest BCUT2D eigenvalue weighted by Gasteiger charge is -2.12. The Morgan fingerprint density at radius 3 is 2.52 bits per heavy atom. The van der Waals surface area contributed by atoms with Gasteiger partial charge < -0.3 is 19.5 Å². The van der Waals surface area contributed by atoms with Crippen LogP contribution in [0.25, 0.3) is 6.08 Å². The molecule has 0 saturated carbocycles. The molecule has 0 aromatic heterocycles. The van der Waals surface area contributed by atoms with Gasteiger partial charge in [-0.1, -0.05) is 6.07 Å². The second-order valence-corrected chi connectivity index (χ2v) is 5.00. The highest BCUT2D eigenvalue weighted by Gasteiger charge is 2.18. The van der Waals surface area contributed by atoms with Gasteiger partial charge in [0.2, 0.25) is 0 Å². The molecular weight excluding hydrogens is 366 g/mol. The molecule has 10 heteroatoms. The van der Waals surface area contributed by atoms with Crippen molar-refractivity contribution in [3.8, 4) is 11.5 Å². The van der Waals surface area contributed by atoms with Gasteiger partial charge in [0.15, 0.2) is 17.6 Å². The quantitative estimate of drug-likeness (QED) is 0.524. The summed E-state index contributed by atoms with van der Waals surface area (Å²) in [6.45, 7) is 0.209. The van der Waals surface area contributed by atoms with Gasteiger partial charge in [0.1, 0.15) is 0 Å². The van der Waals surface area contributed by atoms with Crippen LogP contribution in [0, 0.1) is 0 Å². The van der Waals surface area contributed by atoms with E-state index in [2.05, 4.69) is 10.1 Å². The SMILES string of the molecule is CCOc1cc(/C=C/C(=O)O[C@@H](C)C(=O)NC(=O)NC)ccc1OC(F)F. The Hall–Kier alpha value is -3.17. The van der Waals surface area contributed by atoms with Gasteiger partial charge in [-0.25, -0.2) is 9.59 Å². The van der Waals surface area contributed by atoms with E-state index < -0.39 is 30.6 Å². The zero-order valence-corrected chi connectivity index (χ0v) is 15.0. The van der Waals surface area contributed by atoms with Gasteiger partial charge >= 0.3 is 18.6 Å². The number of halogens is 2. The summed E-state index contributed by atoms with van der Waals surface area (Å²) in [5, 5.41) is 4.16. The second-order valence-electron chi connectivity index (χ2n) is 5.00. The molecular formula is C17H20F2N2O6. The number of amides is 3. The summed E-state index contributed by atoms with van der Waals surface area (Å²) in [7, 11) is 1.33. The minimum atomic E-state index is -3.00. The van der Waals surface area contributed by atoms with Crippen LogP contribution in [0.15, 0.2) is 24.3 Å². The van der Waals surface area contributed by atoms with Crippen LogP contribution >= 0.6 is 0 Å². The maximum atomic E-state index is 12.4. The Bertz CT molecular complexity index is 709. The van der Waals surface area contributed by atoms with Crippen molar-refractivity contribution in [3.05, 3.63) is 29.8 Å². The molecule has 0 aliphatic heterocycles. The highest BCUT2D eigenvalue weighted by Crippen LogP contribution is 2.30. The van der Waals surface area contributed by atoms with Gasteiger partial charge in [-0.2, -0.15) is 8.78 Å². The van der Waals surface area contributed by atoms with Crippen molar-refractivity contribution in [2.24, 2.45) is 0 Å². The van der Waals surface area contributed by atoms with Crippen molar-refractivity contribution in [1.29, 1.82) is 0 Å². The third-order valence-corrected chi connectivity index (χ3v) is 3.02. The van der Waals surface area contributed by atoms with E-state index in [4.69, 9.17) is 9.47 Å². The first-order valence-electron chi connectivity index (χ1n) is 7.89. The Labute approximate surface area is 154 Å². The fraction of sp³-hybridized carbons (Fsp3) is 0.353. The summed E-state index contributed by atoms with van der Waals surface area (Å²) in [5.41, 5.74) is 0.458. The lowest BCUT2D eigenvalue weighted by Crippen LogP contribution is -2.43. The molecule has 148 valence electrons. The number of urea groups is 1. The molecule has 0 saturated heterocycles. The third-order valence-electron chi connectivity index (χ3n) is 3.02. The minimum absolute atomic E-state index is 0.0895. The Balaban J connectivity index is 2.74. The van der Waals surface area contributed by atoms with Gasteiger partial charge in [-0.05, 0) is 37.6 Å². The van der Waals surface area contributed by atoms with Gasteiger partial charge in [-0.3, -0.25) is 10.1 Å². The van der Waals surface area contributed by atoms with Crippen LogP contribution in [0.2, 0.25) is 0 Å². The summed E-state index contributed by atoms with van der Waals surface area (Å²) in [4.78, 5) is 34.4. The molecule has 1 atom stereocenters. The summed E-state index contributed by atoms with van der Waals surface area (Å²) in [5.74, 6) is -1.67. The van der Waals surface area contributed by atoms with Crippen molar-refractivity contribution < 1.29 is 37.4 Å². The van der Waals surface area contributed by atoms with E-state index >= 15 is 0 Å². The van der Waals surface area contributed by atoms with Crippen LogP contribution in [0.3, 0.4) is 0 Å². The van der Waals surface area contributed by atoms with Crippen LogP contribution in [0.5, 0.6) is 11.5 Å². The molecule has 1 rings (SSSR count). The third kappa shape index (κ3) is 7.72. The molecule has 0 spiro atoms. The number of esters is 1. The molecule has 3 amide bonds. The molecule has 0 unspecified atom stereocenters. The second kappa shape index (κ2) is 10.7. The number of ether oxygens (including phenoxy) is 3. The fourth-order valence-corrected chi connectivity index (χ4v) is 1.80. The van der Waals surface area contributed by atoms with E-state index in [9.17, 15) is 23.2 Å². The molecule has 27 heavy (non-hydrogen) atoms. The Morgan fingerprint density at radius 1 is 1.22 bits per heavy atom. The lowest BCUT2D eigenvalue weighted by molar-refractivity contribution is -0.149. The number of alkyl halides is 2. The average molecular weight is 386 g/mol. The van der Waals surface area contributed by atoms with Crippen molar-refractivity contribution in [2.75, 3.05) is 13.7 Å². The van der Waals surface area contributed by atoms with Crippen LogP contribution in [0.4, 0.5) is 13.6 Å². The number of nitrogens with one attached hydrogen (secondary N) is 2. The lowest BCUT2D eigenvalue weighted by atomic mass is 10.2. The topological polar surface area (TPSA) is 103 Å². The predicted octanol–water partition coefficient (Wildman–Crippen LogP) is 2.09. The number of hydrogen-bond acceptors (Lipinski definition) is 6. The van der Waals surface area contributed by atoms with Gasteiger partial charge in [-0.15, -0.1) is 0 Å². The largest absolute Gasteiger partial charge is 0.490 e. The maximum absolute atomic E-state index is 12.4. The first-order chi connectivity index (χ1) is 12.8. The first-order valence-corrected chi connectivity index (χ1v) is 7.89. The normalized spacial score (nSPS) is 11.8. The van der Waals surface area contributed by atoms with Gasteiger partial charge in [0.05, 0.1) is 6.61 Å². The molecule has 1 aromatic carbocycles. The standard InChI is InChI=1S/C17H20F2N2O6/c1-4-25-13-9-11(5-7-12(13)27-16(18)19)6-8-14(22)26-10(2)15(23)21-17(24)20-3/h5-10,16H,4H2,1-3H3,(H2,20,21,23,24)/b8-6+/t10-/m0/s1.